The average molecular weight is 232 g/mol. The van der Waals surface area contributed by atoms with Crippen LogP contribution in [-0.2, 0) is 0 Å². The number of thiophene rings is 1. The molecular formula is C13H16N2S. The zero-order valence-corrected chi connectivity index (χ0v) is 10.3. The minimum atomic E-state index is 0.312. The molecule has 0 amide bonds. The monoisotopic (exact) mass is 232 g/mol. The number of hydrogen-bond donors (Lipinski definition) is 2. The molecule has 0 fully saturated rings. The standard InChI is InChI=1S/C13H16N2S/c1-9-3-4-12(14)7-13(9)15-10(2)11-5-6-16-8-11/h3-8,10,15H,14H2,1-2H3. The maximum absolute atomic E-state index is 5.78. The van der Waals surface area contributed by atoms with E-state index in [0.717, 1.165) is 11.4 Å². The van der Waals surface area contributed by atoms with Crippen LogP contribution in [0.5, 0.6) is 0 Å². The number of nitrogen functional groups attached to an aromatic ring is 1. The lowest BCUT2D eigenvalue weighted by atomic mass is 10.1. The molecule has 1 heterocycles. The molecule has 2 rings (SSSR count). The zero-order valence-electron chi connectivity index (χ0n) is 9.53. The lowest BCUT2D eigenvalue weighted by molar-refractivity contribution is 0.888. The number of nitrogens with one attached hydrogen (secondary N) is 1. The molecule has 2 nitrogen and oxygen atoms in total. The highest BCUT2D eigenvalue weighted by Gasteiger charge is 2.07. The Morgan fingerprint density at radius 2 is 2.12 bits per heavy atom. The summed E-state index contributed by atoms with van der Waals surface area (Å²) < 4.78 is 0. The van der Waals surface area contributed by atoms with E-state index in [1.165, 1.54) is 11.1 Å². The van der Waals surface area contributed by atoms with Crippen LogP contribution in [0.25, 0.3) is 0 Å². The molecule has 2 aromatic rings. The summed E-state index contributed by atoms with van der Waals surface area (Å²) in [6.45, 7) is 4.24. The van der Waals surface area contributed by atoms with Crippen molar-refractivity contribution in [3.8, 4) is 0 Å². The fraction of sp³-hybridized carbons (Fsp3) is 0.231. The molecule has 0 radical (unpaired) electrons. The normalized spacial score (nSPS) is 12.4. The van der Waals surface area contributed by atoms with Gasteiger partial charge in [0.15, 0.2) is 0 Å². The van der Waals surface area contributed by atoms with Crippen molar-refractivity contribution in [3.05, 3.63) is 46.2 Å². The lowest BCUT2D eigenvalue weighted by Crippen LogP contribution is -2.07. The quantitative estimate of drug-likeness (QED) is 0.790. The van der Waals surface area contributed by atoms with E-state index in [9.17, 15) is 0 Å². The maximum atomic E-state index is 5.78. The molecule has 16 heavy (non-hydrogen) atoms. The third kappa shape index (κ3) is 2.36. The van der Waals surface area contributed by atoms with E-state index in [0.29, 0.717) is 6.04 Å². The van der Waals surface area contributed by atoms with Gasteiger partial charge in [-0.15, -0.1) is 0 Å². The topological polar surface area (TPSA) is 38.0 Å². The Bertz CT molecular complexity index is 463. The molecule has 0 aliphatic heterocycles. The summed E-state index contributed by atoms with van der Waals surface area (Å²) in [5, 5.41) is 7.74. The first-order valence-electron chi connectivity index (χ1n) is 5.31. The summed E-state index contributed by atoms with van der Waals surface area (Å²) in [5.41, 5.74) is 10.2. The van der Waals surface area contributed by atoms with Crippen molar-refractivity contribution in [3.63, 3.8) is 0 Å². The first kappa shape index (κ1) is 11.0. The maximum Gasteiger partial charge on any atom is 0.0493 e. The fourth-order valence-electron chi connectivity index (χ4n) is 1.63. The number of anilines is 2. The van der Waals surface area contributed by atoms with Crippen LogP contribution in [0.4, 0.5) is 11.4 Å². The van der Waals surface area contributed by atoms with E-state index in [4.69, 9.17) is 5.73 Å². The van der Waals surface area contributed by atoms with Gasteiger partial charge in [0.1, 0.15) is 0 Å². The van der Waals surface area contributed by atoms with Gasteiger partial charge in [0, 0.05) is 17.4 Å². The van der Waals surface area contributed by atoms with E-state index >= 15 is 0 Å². The van der Waals surface area contributed by atoms with Gasteiger partial charge in [0.2, 0.25) is 0 Å². The molecule has 1 unspecified atom stereocenters. The summed E-state index contributed by atoms with van der Waals surface area (Å²) in [5.74, 6) is 0. The van der Waals surface area contributed by atoms with E-state index in [2.05, 4.69) is 36.0 Å². The average Bonchev–Trinajstić information content (AvgIpc) is 2.76. The van der Waals surface area contributed by atoms with Crippen molar-refractivity contribution in [2.75, 3.05) is 11.1 Å². The minimum absolute atomic E-state index is 0.312. The molecule has 3 heteroatoms. The fourth-order valence-corrected chi connectivity index (χ4v) is 2.39. The van der Waals surface area contributed by atoms with Gasteiger partial charge in [0.25, 0.3) is 0 Å². The Balaban J connectivity index is 2.17. The molecular weight excluding hydrogens is 216 g/mol. The SMILES string of the molecule is Cc1ccc(N)cc1NC(C)c1ccsc1. The van der Waals surface area contributed by atoms with Gasteiger partial charge in [-0.05, 0) is 53.9 Å². The predicted octanol–water partition coefficient (Wildman–Crippen LogP) is 3.81. The van der Waals surface area contributed by atoms with Crippen LogP contribution < -0.4 is 11.1 Å². The molecule has 0 bridgehead atoms. The number of benzene rings is 1. The van der Waals surface area contributed by atoms with E-state index < -0.39 is 0 Å². The highest BCUT2D eigenvalue weighted by Crippen LogP contribution is 2.25. The van der Waals surface area contributed by atoms with E-state index in [1.807, 2.05) is 18.2 Å². The van der Waals surface area contributed by atoms with Crippen LogP contribution in [0.1, 0.15) is 24.1 Å². The molecule has 0 aliphatic rings. The summed E-state index contributed by atoms with van der Waals surface area (Å²) in [6.07, 6.45) is 0. The Hall–Kier alpha value is -1.48. The van der Waals surface area contributed by atoms with E-state index in [-0.39, 0.29) is 0 Å². The first-order valence-corrected chi connectivity index (χ1v) is 6.26. The number of rotatable bonds is 3. The van der Waals surface area contributed by atoms with Crippen LogP contribution >= 0.6 is 11.3 Å². The van der Waals surface area contributed by atoms with Crippen molar-refractivity contribution in [2.24, 2.45) is 0 Å². The van der Waals surface area contributed by atoms with Crippen LogP contribution in [0, 0.1) is 6.92 Å². The van der Waals surface area contributed by atoms with Crippen LogP contribution in [-0.4, -0.2) is 0 Å². The summed E-state index contributed by atoms with van der Waals surface area (Å²) in [7, 11) is 0. The Kier molecular flexibility index (Phi) is 3.15. The largest absolute Gasteiger partial charge is 0.399 e. The summed E-state index contributed by atoms with van der Waals surface area (Å²) >= 11 is 1.72. The van der Waals surface area contributed by atoms with Crippen LogP contribution in [0.15, 0.2) is 35.0 Å². The highest BCUT2D eigenvalue weighted by molar-refractivity contribution is 7.07. The molecule has 3 N–H and O–H groups in total. The minimum Gasteiger partial charge on any atom is -0.399 e. The summed E-state index contributed by atoms with van der Waals surface area (Å²) in [4.78, 5) is 0. The van der Waals surface area contributed by atoms with Crippen molar-refractivity contribution < 1.29 is 0 Å². The van der Waals surface area contributed by atoms with Gasteiger partial charge in [-0.25, -0.2) is 0 Å². The number of aryl methyl sites for hydroxylation is 1. The summed E-state index contributed by atoms with van der Waals surface area (Å²) in [6, 6.07) is 8.41. The first-order chi connectivity index (χ1) is 7.66. The van der Waals surface area contributed by atoms with Crippen molar-refractivity contribution in [2.45, 2.75) is 19.9 Å². The molecule has 0 saturated carbocycles. The molecule has 1 atom stereocenters. The van der Waals surface area contributed by atoms with Crippen molar-refractivity contribution in [1.82, 2.24) is 0 Å². The zero-order chi connectivity index (χ0) is 11.5. The van der Waals surface area contributed by atoms with Gasteiger partial charge in [-0.3, -0.25) is 0 Å². The second kappa shape index (κ2) is 4.58. The van der Waals surface area contributed by atoms with Gasteiger partial charge in [-0.2, -0.15) is 11.3 Å². The smallest absolute Gasteiger partial charge is 0.0493 e. The van der Waals surface area contributed by atoms with E-state index in [1.54, 1.807) is 11.3 Å². The Morgan fingerprint density at radius 1 is 1.31 bits per heavy atom. The lowest BCUT2D eigenvalue weighted by Gasteiger charge is -2.16. The molecule has 84 valence electrons. The van der Waals surface area contributed by atoms with Gasteiger partial charge < -0.3 is 11.1 Å². The van der Waals surface area contributed by atoms with Crippen LogP contribution in [0.2, 0.25) is 0 Å². The third-order valence-electron chi connectivity index (χ3n) is 2.68. The predicted molar refractivity (Wildman–Crippen MR) is 71.9 cm³/mol. The molecule has 0 aliphatic carbocycles. The molecule has 0 spiro atoms. The van der Waals surface area contributed by atoms with Crippen LogP contribution in [0.3, 0.4) is 0 Å². The Morgan fingerprint density at radius 3 is 2.81 bits per heavy atom. The van der Waals surface area contributed by atoms with Crippen molar-refractivity contribution in [1.29, 1.82) is 0 Å². The molecule has 1 aromatic carbocycles. The highest BCUT2D eigenvalue weighted by atomic mass is 32.1. The second-order valence-corrected chi connectivity index (χ2v) is 4.78. The van der Waals surface area contributed by atoms with Gasteiger partial charge in [-0.1, -0.05) is 6.07 Å². The molecule has 0 saturated heterocycles. The van der Waals surface area contributed by atoms with Gasteiger partial charge >= 0.3 is 0 Å². The van der Waals surface area contributed by atoms with Gasteiger partial charge in [0.05, 0.1) is 0 Å². The van der Waals surface area contributed by atoms with Crippen molar-refractivity contribution >= 4 is 22.7 Å². The third-order valence-corrected chi connectivity index (χ3v) is 3.38. The number of nitrogens with two attached hydrogens (primary N) is 1. The number of hydrogen-bond acceptors (Lipinski definition) is 3. The molecule has 1 aromatic heterocycles. The second-order valence-electron chi connectivity index (χ2n) is 4.00. The Labute approximate surface area is 100 Å².